The molecular formula is C10H19NO2. The Morgan fingerprint density at radius 1 is 1.69 bits per heavy atom. The Bertz CT molecular complexity index is 203. The van der Waals surface area contributed by atoms with Crippen LogP contribution in [0.5, 0.6) is 0 Å². The van der Waals surface area contributed by atoms with Crippen molar-refractivity contribution in [3.8, 4) is 0 Å². The Morgan fingerprint density at radius 2 is 2.31 bits per heavy atom. The van der Waals surface area contributed by atoms with Crippen molar-refractivity contribution in [1.82, 2.24) is 4.90 Å². The van der Waals surface area contributed by atoms with Crippen LogP contribution in [0.2, 0.25) is 0 Å². The highest BCUT2D eigenvalue weighted by Crippen LogP contribution is 2.32. The predicted molar refractivity (Wildman–Crippen MR) is 51.3 cm³/mol. The Hall–Kier alpha value is -0.570. The molecule has 1 unspecified atom stereocenters. The average Bonchev–Trinajstić information content (AvgIpc) is 2.47. The molecule has 1 heterocycles. The lowest BCUT2D eigenvalue weighted by atomic mass is 9.92. The molecule has 1 rings (SSSR count). The fourth-order valence-corrected chi connectivity index (χ4v) is 2.02. The Balaban J connectivity index is 2.79. The molecule has 0 aromatic heterocycles. The second kappa shape index (κ2) is 3.66. The number of aliphatic hydroxyl groups is 1. The molecule has 3 nitrogen and oxygen atoms in total. The zero-order valence-electron chi connectivity index (χ0n) is 8.71. The summed E-state index contributed by atoms with van der Waals surface area (Å²) in [6.45, 7) is 6.40. The van der Waals surface area contributed by atoms with E-state index in [0.717, 1.165) is 19.4 Å². The van der Waals surface area contributed by atoms with Crippen LogP contribution >= 0.6 is 0 Å². The van der Waals surface area contributed by atoms with E-state index in [1.807, 2.05) is 18.7 Å². The van der Waals surface area contributed by atoms with Gasteiger partial charge in [-0.1, -0.05) is 6.92 Å². The maximum absolute atomic E-state index is 11.5. The third-order valence-electron chi connectivity index (χ3n) is 3.18. The van der Waals surface area contributed by atoms with E-state index in [2.05, 4.69) is 0 Å². The largest absolute Gasteiger partial charge is 0.391 e. The molecule has 1 fully saturated rings. The third-order valence-corrected chi connectivity index (χ3v) is 3.18. The number of likely N-dealkylation sites (tertiary alicyclic amines) is 1. The van der Waals surface area contributed by atoms with Gasteiger partial charge in [0.1, 0.15) is 0 Å². The van der Waals surface area contributed by atoms with E-state index in [1.165, 1.54) is 0 Å². The van der Waals surface area contributed by atoms with Gasteiger partial charge >= 0.3 is 0 Å². The number of amides is 1. The van der Waals surface area contributed by atoms with Crippen molar-refractivity contribution in [3.05, 3.63) is 0 Å². The van der Waals surface area contributed by atoms with Gasteiger partial charge in [0.25, 0.3) is 0 Å². The van der Waals surface area contributed by atoms with Gasteiger partial charge < -0.3 is 10.0 Å². The molecule has 0 radical (unpaired) electrons. The van der Waals surface area contributed by atoms with Gasteiger partial charge in [0, 0.05) is 13.0 Å². The maximum atomic E-state index is 11.5. The molecule has 3 heteroatoms. The number of hydrogen-bond donors (Lipinski definition) is 1. The van der Waals surface area contributed by atoms with Crippen LogP contribution in [0.15, 0.2) is 0 Å². The van der Waals surface area contributed by atoms with Crippen LogP contribution in [-0.2, 0) is 4.79 Å². The van der Waals surface area contributed by atoms with Crippen molar-refractivity contribution in [3.63, 3.8) is 0 Å². The molecule has 76 valence electrons. The van der Waals surface area contributed by atoms with E-state index < -0.39 is 6.10 Å². The summed E-state index contributed by atoms with van der Waals surface area (Å²) in [5.41, 5.74) is -0.326. The summed E-state index contributed by atoms with van der Waals surface area (Å²) < 4.78 is 0. The van der Waals surface area contributed by atoms with Crippen LogP contribution in [0.25, 0.3) is 0 Å². The van der Waals surface area contributed by atoms with Gasteiger partial charge in [-0.15, -0.1) is 0 Å². The first kappa shape index (κ1) is 10.5. The predicted octanol–water partition coefficient (Wildman–Crippen LogP) is 1.16. The monoisotopic (exact) mass is 185 g/mol. The summed E-state index contributed by atoms with van der Waals surface area (Å²) in [4.78, 5) is 13.4. The molecule has 0 bridgehead atoms. The molecule has 1 saturated heterocycles. The van der Waals surface area contributed by atoms with Gasteiger partial charge in [0.05, 0.1) is 11.6 Å². The smallest absolute Gasteiger partial charge is 0.222 e. The number of aliphatic hydroxyl groups excluding tert-OH is 1. The third kappa shape index (κ3) is 1.70. The molecule has 0 aliphatic carbocycles. The van der Waals surface area contributed by atoms with E-state index in [0.29, 0.717) is 6.42 Å². The number of rotatable bonds is 2. The van der Waals surface area contributed by atoms with Gasteiger partial charge in [-0.2, -0.15) is 0 Å². The lowest BCUT2D eigenvalue weighted by Gasteiger charge is -2.37. The minimum Gasteiger partial charge on any atom is -0.391 e. The van der Waals surface area contributed by atoms with Gasteiger partial charge in [0.2, 0.25) is 5.91 Å². The fraction of sp³-hybridized carbons (Fsp3) is 0.900. The topological polar surface area (TPSA) is 40.5 Å². The molecule has 0 aromatic rings. The molecular weight excluding hydrogens is 166 g/mol. The second-order valence-electron chi connectivity index (χ2n) is 4.04. The Labute approximate surface area is 79.7 Å². The van der Waals surface area contributed by atoms with Crippen molar-refractivity contribution in [1.29, 1.82) is 0 Å². The minimum absolute atomic E-state index is 0.154. The van der Waals surface area contributed by atoms with Crippen molar-refractivity contribution >= 4 is 5.91 Å². The number of carbonyl (C=O) groups excluding carboxylic acids is 1. The van der Waals surface area contributed by atoms with E-state index in [1.54, 1.807) is 6.92 Å². The lowest BCUT2D eigenvalue weighted by Crippen LogP contribution is -2.51. The van der Waals surface area contributed by atoms with E-state index in [-0.39, 0.29) is 11.4 Å². The number of nitrogens with zero attached hydrogens (tertiary/aromatic N) is 1. The van der Waals surface area contributed by atoms with Crippen LogP contribution in [0.1, 0.15) is 40.0 Å². The molecule has 1 amide bonds. The van der Waals surface area contributed by atoms with Gasteiger partial charge in [-0.25, -0.2) is 0 Å². The first-order valence-corrected chi connectivity index (χ1v) is 5.01. The van der Waals surface area contributed by atoms with Gasteiger partial charge in [-0.3, -0.25) is 4.79 Å². The normalized spacial score (nSPS) is 30.6. The lowest BCUT2D eigenvalue weighted by molar-refractivity contribution is -0.138. The van der Waals surface area contributed by atoms with E-state index in [4.69, 9.17) is 0 Å². The summed E-state index contributed by atoms with van der Waals surface area (Å²) in [5.74, 6) is 0.154. The standard InChI is InChI=1S/C10H19NO2/c1-4-9(13)11-7-5-6-10(11,3)8(2)12/h8,12H,4-7H2,1-3H3/t8?,10-/m1/s1. The Morgan fingerprint density at radius 3 is 2.77 bits per heavy atom. The van der Waals surface area contributed by atoms with Gasteiger partial charge in [-0.05, 0) is 26.7 Å². The fourth-order valence-electron chi connectivity index (χ4n) is 2.02. The zero-order valence-corrected chi connectivity index (χ0v) is 8.71. The first-order chi connectivity index (χ1) is 6.02. The minimum atomic E-state index is -0.439. The first-order valence-electron chi connectivity index (χ1n) is 5.01. The number of hydrogen-bond acceptors (Lipinski definition) is 2. The van der Waals surface area contributed by atoms with Gasteiger partial charge in [0.15, 0.2) is 0 Å². The molecule has 2 atom stereocenters. The number of carbonyl (C=O) groups is 1. The average molecular weight is 185 g/mol. The summed E-state index contributed by atoms with van der Waals surface area (Å²) in [6.07, 6.45) is 2.01. The highest BCUT2D eigenvalue weighted by atomic mass is 16.3. The highest BCUT2D eigenvalue weighted by molar-refractivity contribution is 5.77. The van der Waals surface area contributed by atoms with Crippen LogP contribution < -0.4 is 0 Å². The van der Waals surface area contributed by atoms with E-state index >= 15 is 0 Å². The molecule has 1 aliphatic rings. The molecule has 1 aliphatic heterocycles. The summed E-state index contributed by atoms with van der Waals surface area (Å²) in [5, 5.41) is 9.63. The van der Waals surface area contributed by atoms with Crippen LogP contribution in [0, 0.1) is 0 Å². The second-order valence-corrected chi connectivity index (χ2v) is 4.04. The van der Waals surface area contributed by atoms with Crippen LogP contribution in [0.3, 0.4) is 0 Å². The SMILES string of the molecule is CCC(=O)N1CCC[C@]1(C)C(C)O. The van der Waals surface area contributed by atoms with Crippen LogP contribution in [0.4, 0.5) is 0 Å². The van der Waals surface area contributed by atoms with Crippen molar-refractivity contribution in [2.45, 2.75) is 51.7 Å². The van der Waals surface area contributed by atoms with Crippen molar-refractivity contribution in [2.24, 2.45) is 0 Å². The highest BCUT2D eigenvalue weighted by Gasteiger charge is 2.42. The van der Waals surface area contributed by atoms with Crippen molar-refractivity contribution in [2.75, 3.05) is 6.54 Å². The molecule has 0 spiro atoms. The molecule has 0 saturated carbocycles. The summed E-state index contributed by atoms with van der Waals surface area (Å²) >= 11 is 0. The molecule has 0 aromatic carbocycles. The summed E-state index contributed by atoms with van der Waals surface area (Å²) in [6, 6.07) is 0. The van der Waals surface area contributed by atoms with Crippen LogP contribution in [-0.4, -0.2) is 34.1 Å². The maximum Gasteiger partial charge on any atom is 0.222 e. The quantitative estimate of drug-likeness (QED) is 0.701. The Kier molecular flexibility index (Phi) is 2.96. The molecule has 1 N–H and O–H groups in total. The molecule has 13 heavy (non-hydrogen) atoms. The van der Waals surface area contributed by atoms with Crippen molar-refractivity contribution < 1.29 is 9.90 Å². The summed E-state index contributed by atoms with van der Waals surface area (Å²) in [7, 11) is 0. The zero-order chi connectivity index (χ0) is 10.1. The van der Waals surface area contributed by atoms with E-state index in [9.17, 15) is 9.90 Å².